The van der Waals surface area contributed by atoms with E-state index in [1.54, 1.807) is 28.1 Å². The van der Waals surface area contributed by atoms with Gasteiger partial charge in [-0.2, -0.15) is 4.31 Å². The van der Waals surface area contributed by atoms with Crippen molar-refractivity contribution >= 4 is 10.0 Å². The zero-order chi connectivity index (χ0) is 18.4. The summed E-state index contributed by atoms with van der Waals surface area (Å²) < 4.78 is 37.3. The molecule has 0 unspecified atom stereocenters. The SMILES string of the molecule is COc1ccc(CN(Cc2ccc(OC)cc2)S(=O)(=O)C(C)C)cc1. The lowest BCUT2D eigenvalue weighted by Gasteiger charge is -2.24. The second kappa shape index (κ2) is 8.36. The van der Waals surface area contributed by atoms with Gasteiger partial charge in [0.15, 0.2) is 0 Å². The van der Waals surface area contributed by atoms with Crippen molar-refractivity contribution in [3.8, 4) is 11.5 Å². The van der Waals surface area contributed by atoms with Crippen LogP contribution >= 0.6 is 0 Å². The van der Waals surface area contributed by atoms with Gasteiger partial charge in [0.25, 0.3) is 0 Å². The van der Waals surface area contributed by atoms with Crippen LogP contribution in [0.1, 0.15) is 25.0 Å². The van der Waals surface area contributed by atoms with Crippen molar-refractivity contribution < 1.29 is 17.9 Å². The maximum atomic E-state index is 12.8. The van der Waals surface area contributed by atoms with Crippen molar-refractivity contribution in [1.29, 1.82) is 0 Å². The minimum Gasteiger partial charge on any atom is -0.497 e. The van der Waals surface area contributed by atoms with Gasteiger partial charge in [-0.3, -0.25) is 0 Å². The molecule has 0 aliphatic heterocycles. The molecule has 0 saturated carbocycles. The molecule has 2 aromatic rings. The maximum Gasteiger partial charge on any atom is 0.217 e. The minimum absolute atomic E-state index is 0.316. The van der Waals surface area contributed by atoms with Gasteiger partial charge in [0.1, 0.15) is 11.5 Å². The molecule has 5 nitrogen and oxygen atoms in total. The molecule has 0 heterocycles. The Hall–Kier alpha value is -2.05. The lowest BCUT2D eigenvalue weighted by atomic mass is 10.2. The van der Waals surface area contributed by atoms with Crippen LogP contribution in [0.25, 0.3) is 0 Å². The summed E-state index contributed by atoms with van der Waals surface area (Å²) in [6.07, 6.45) is 0. The molecule has 0 aliphatic carbocycles. The molecule has 0 fully saturated rings. The molecule has 2 rings (SSSR count). The van der Waals surface area contributed by atoms with Gasteiger partial charge in [0.05, 0.1) is 19.5 Å². The zero-order valence-corrected chi connectivity index (χ0v) is 15.9. The predicted octanol–water partition coefficient (Wildman–Crippen LogP) is 3.44. The third kappa shape index (κ3) is 4.96. The highest BCUT2D eigenvalue weighted by atomic mass is 32.2. The van der Waals surface area contributed by atoms with E-state index in [0.717, 1.165) is 22.6 Å². The first-order valence-electron chi connectivity index (χ1n) is 8.11. The fourth-order valence-corrected chi connectivity index (χ4v) is 3.66. The molecule has 25 heavy (non-hydrogen) atoms. The summed E-state index contributed by atoms with van der Waals surface area (Å²) in [5, 5.41) is -0.482. The molecule has 0 radical (unpaired) electrons. The van der Waals surface area contributed by atoms with E-state index in [0.29, 0.717) is 13.1 Å². The zero-order valence-electron chi connectivity index (χ0n) is 15.1. The Bertz CT molecular complexity index is 719. The van der Waals surface area contributed by atoms with Gasteiger partial charge in [0.2, 0.25) is 10.0 Å². The lowest BCUT2D eigenvalue weighted by molar-refractivity contribution is 0.393. The van der Waals surface area contributed by atoms with Crippen molar-refractivity contribution in [2.45, 2.75) is 32.2 Å². The molecule has 0 saturated heterocycles. The van der Waals surface area contributed by atoms with Crippen LogP contribution in [0.2, 0.25) is 0 Å². The topological polar surface area (TPSA) is 55.8 Å². The van der Waals surface area contributed by atoms with Gasteiger partial charge < -0.3 is 9.47 Å². The van der Waals surface area contributed by atoms with Crippen molar-refractivity contribution in [3.63, 3.8) is 0 Å². The first-order valence-corrected chi connectivity index (χ1v) is 9.62. The summed E-state index contributed by atoms with van der Waals surface area (Å²) >= 11 is 0. The largest absolute Gasteiger partial charge is 0.497 e. The van der Waals surface area contributed by atoms with Crippen molar-refractivity contribution in [1.82, 2.24) is 4.31 Å². The third-order valence-corrected chi connectivity index (χ3v) is 6.16. The van der Waals surface area contributed by atoms with Gasteiger partial charge in [-0.15, -0.1) is 0 Å². The van der Waals surface area contributed by atoms with Crippen LogP contribution in [0, 0.1) is 0 Å². The van der Waals surface area contributed by atoms with E-state index in [4.69, 9.17) is 9.47 Å². The van der Waals surface area contributed by atoms with E-state index in [1.165, 1.54) is 4.31 Å². The van der Waals surface area contributed by atoms with Gasteiger partial charge in [0, 0.05) is 13.1 Å². The number of ether oxygens (including phenoxy) is 2. The van der Waals surface area contributed by atoms with Gasteiger partial charge in [-0.05, 0) is 49.2 Å². The van der Waals surface area contributed by atoms with E-state index in [9.17, 15) is 8.42 Å². The Morgan fingerprint density at radius 3 is 1.44 bits per heavy atom. The minimum atomic E-state index is -3.40. The summed E-state index contributed by atoms with van der Waals surface area (Å²) in [5.41, 5.74) is 1.83. The fraction of sp³-hybridized carbons (Fsp3) is 0.368. The number of benzene rings is 2. The van der Waals surface area contributed by atoms with E-state index in [-0.39, 0.29) is 0 Å². The average molecular weight is 363 g/mol. The van der Waals surface area contributed by atoms with Gasteiger partial charge >= 0.3 is 0 Å². The summed E-state index contributed by atoms with van der Waals surface area (Å²) in [5.74, 6) is 1.49. The molecule has 0 N–H and O–H groups in total. The van der Waals surface area contributed by atoms with Crippen LogP contribution in [0.5, 0.6) is 11.5 Å². The standard InChI is InChI=1S/C19H25NO4S/c1-15(2)25(21,22)20(13-16-5-9-18(23-3)10-6-16)14-17-7-11-19(24-4)12-8-17/h5-12,15H,13-14H2,1-4H3. The molecular formula is C19H25NO4S. The van der Waals surface area contributed by atoms with Crippen molar-refractivity contribution in [2.24, 2.45) is 0 Å². The van der Waals surface area contributed by atoms with Crippen molar-refractivity contribution in [2.75, 3.05) is 14.2 Å². The number of sulfonamides is 1. The average Bonchev–Trinajstić information content (AvgIpc) is 2.62. The Morgan fingerprint density at radius 2 is 1.16 bits per heavy atom. The lowest BCUT2D eigenvalue weighted by Crippen LogP contribution is -2.35. The van der Waals surface area contributed by atoms with Crippen LogP contribution in [-0.4, -0.2) is 32.2 Å². The number of hydrogen-bond donors (Lipinski definition) is 0. The Morgan fingerprint density at radius 1 is 0.800 bits per heavy atom. The van der Waals surface area contributed by atoms with Gasteiger partial charge in [-0.1, -0.05) is 24.3 Å². The molecule has 2 aromatic carbocycles. The first-order chi connectivity index (χ1) is 11.9. The summed E-state index contributed by atoms with van der Waals surface area (Å²) in [4.78, 5) is 0. The molecule has 0 aliphatic rings. The highest BCUT2D eigenvalue weighted by Crippen LogP contribution is 2.21. The predicted molar refractivity (Wildman–Crippen MR) is 99.3 cm³/mol. The van der Waals surface area contributed by atoms with Crippen LogP contribution in [0.3, 0.4) is 0 Å². The molecule has 0 aromatic heterocycles. The van der Waals surface area contributed by atoms with E-state index < -0.39 is 15.3 Å². The number of nitrogens with zero attached hydrogens (tertiary/aromatic N) is 1. The Kier molecular flexibility index (Phi) is 6.45. The van der Waals surface area contributed by atoms with E-state index >= 15 is 0 Å². The summed E-state index contributed by atoms with van der Waals surface area (Å²) in [6, 6.07) is 14.9. The summed E-state index contributed by atoms with van der Waals surface area (Å²) in [7, 11) is -0.185. The maximum absolute atomic E-state index is 12.8. The second-order valence-electron chi connectivity index (χ2n) is 6.06. The molecule has 0 bridgehead atoms. The smallest absolute Gasteiger partial charge is 0.217 e. The quantitative estimate of drug-likeness (QED) is 0.721. The van der Waals surface area contributed by atoms with Gasteiger partial charge in [-0.25, -0.2) is 8.42 Å². The molecular weight excluding hydrogens is 338 g/mol. The molecule has 0 atom stereocenters. The summed E-state index contributed by atoms with van der Waals surface area (Å²) in [6.45, 7) is 4.03. The first kappa shape index (κ1) is 19.3. The Balaban J connectivity index is 2.25. The number of rotatable bonds is 8. The van der Waals surface area contributed by atoms with Crippen LogP contribution in [-0.2, 0) is 23.1 Å². The fourth-order valence-electron chi connectivity index (χ4n) is 2.40. The number of hydrogen-bond acceptors (Lipinski definition) is 4. The highest BCUT2D eigenvalue weighted by Gasteiger charge is 2.26. The second-order valence-corrected chi connectivity index (χ2v) is 8.55. The monoisotopic (exact) mass is 363 g/mol. The normalized spacial score (nSPS) is 11.8. The van der Waals surface area contributed by atoms with Crippen molar-refractivity contribution in [3.05, 3.63) is 59.7 Å². The number of methoxy groups -OCH3 is 2. The van der Waals surface area contributed by atoms with Crippen LogP contribution in [0.15, 0.2) is 48.5 Å². The highest BCUT2D eigenvalue weighted by molar-refractivity contribution is 7.89. The molecule has 136 valence electrons. The molecule has 0 spiro atoms. The Labute approximate surface area is 150 Å². The molecule has 6 heteroatoms. The third-order valence-electron chi connectivity index (χ3n) is 3.99. The van der Waals surface area contributed by atoms with Crippen LogP contribution < -0.4 is 9.47 Å². The van der Waals surface area contributed by atoms with E-state index in [1.807, 2.05) is 48.5 Å². The molecule has 0 amide bonds. The van der Waals surface area contributed by atoms with E-state index in [2.05, 4.69) is 0 Å². The van der Waals surface area contributed by atoms with Crippen LogP contribution in [0.4, 0.5) is 0 Å².